The molecule has 0 spiro atoms. The molecule has 13 nitrogen and oxygen atoms in total. The number of rotatable bonds is 23. The van der Waals surface area contributed by atoms with Crippen LogP contribution >= 0.6 is 0 Å². The second-order valence-electron chi connectivity index (χ2n) is 13.9. The zero-order valence-corrected chi connectivity index (χ0v) is 35.1. The van der Waals surface area contributed by atoms with Crippen LogP contribution in [0.5, 0.6) is 23.0 Å². The third-order valence-corrected chi connectivity index (χ3v) is 9.52. The highest BCUT2D eigenvalue weighted by molar-refractivity contribution is 5.68. The summed E-state index contributed by atoms with van der Waals surface area (Å²) in [5, 5.41) is 0. The van der Waals surface area contributed by atoms with Gasteiger partial charge in [0.25, 0.3) is 0 Å². The second kappa shape index (κ2) is 23.7. The first-order chi connectivity index (χ1) is 28.0. The van der Waals surface area contributed by atoms with Gasteiger partial charge in [0.15, 0.2) is 0 Å². The van der Waals surface area contributed by atoms with E-state index in [1.54, 1.807) is 52.1 Å². The highest BCUT2D eigenvalue weighted by Gasteiger charge is 2.22. The van der Waals surface area contributed by atoms with Crippen LogP contribution in [-0.2, 0) is 45.1 Å². The molecule has 0 saturated heterocycles. The molecular formula is C45H59N3O10. The first-order valence-electron chi connectivity index (χ1n) is 19.3. The molecule has 2 unspecified atom stereocenters. The van der Waals surface area contributed by atoms with Crippen molar-refractivity contribution in [3.05, 3.63) is 119 Å². The Hall–Kier alpha value is -5.50. The van der Waals surface area contributed by atoms with E-state index in [9.17, 15) is 9.59 Å². The van der Waals surface area contributed by atoms with Crippen molar-refractivity contribution < 1.29 is 47.5 Å². The molecule has 4 aromatic rings. The fourth-order valence-electron chi connectivity index (χ4n) is 6.08. The third kappa shape index (κ3) is 15.1. The molecule has 4 aromatic carbocycles. The molecule has 0 aliphatic rings. The largest absolute Gasteiger partial charge is 0.497 e. The number of nitrogens with zero attached hydrogens (tertiary/aromatic N) is 3. The Kier molecular flexibility index (Phi) is 18.4. The van der Waals surface area contributed by atoms with Gasteiger partial charge in [-0.15, -0.1) is 0 Å². The standard InChI is InChI=1S/C45H59N3O10/c1-33(57-44(49)47(29-35-9-17-40(51-5)18-10-35)30-36-11-19-41(52-6)20-12-36)55-27-25-39(46(3)4)26-28-56-34(2)58-45(50)48(31-37-13-21-42(53-7)22-14-37)32-38-15-23-43(54-8)24-16-38/h9-24,33-34,39H,25-32H2,1-8H3. The summed E-state index contributed by atoms with van der Waals surface area (Å²) < 4.78 is 44.6. The lowest BCUT2D eigenvalue weighted by Gasteiger charge is -2.27. The van der Waals surface area contributed by atoms with E-state index < -0.39 is 24.8 Å². The molecule has 0 aliphatic heterocycles. The quantitative estimate of drug-likeness (QED) is 0.0677. The first-order valence-corrected chi connectivity index (χ1v) is 19.3. The smallest absolute Gasteiger partial charge is 0.412 e. The number of carbonyl (C=O) groups excluding carboxylic acids is 2. The van der Waals surface area contributed by atoms with E-state index in [0.717, 1.165) is 45.3 Å². The normalized spacial score (nSPS) is 12.6. The maximum atomic E-state index is 13.5. The topological polar surface area (TPSA) is 118 Å². The van der Waals surface area contributed by atoms with Crippen LogP contribution in [0.15, 0.2) is 97.1 Å². The van der Waals surface area contributed by atoms with Gasteiger partial charge in [0.05, 0.1) is 41.7 Å². The highest BCUT2D eigenvalue weighted by atomic mass is 16.7. The van der Waals surface area contributed by atoms with Gasteiger partial charge in [0.2, 0.25) is 12.6 Å². The Bertz CT molecular complexity index is 1560. The minimum Gasteiger partial charge on any atom is -0.497 e. The van der Waals surface area contributed by atoms with Gasteiger partial charge in [0, 0.05) is 32.2 Å². The molecule has 2 atom stereocenters. The van der Waals surface area contributed by atoms with Gasteiger partial charge in [-0.2, -0.15) is 0 Å². The van der Waals surface area contributed by atoms with Crippen molar-refractivity contribution in [1.82, 2.24) is 14.7 Å². The summed E-state index contributed by atoms with van der Waals surface area (Å²) in [5.41, 5.74) is 3.72. The highest BCUT2D eigenvalue weighted by Crippen LogP contribution is 2.21. The Morgan fingerprint density at radius 1 is 0.466 bits per heavy atom. The van der Waals surface area contributed by atoms with Crippen molar-refractivity contribution in [1.29, 1.82) is 0 Å². The monoisotopic (exact) mass is 801 g/mol. The molecule has 0 aliphatic carbocycles. The number of methoxy groups -OCH3 is 4. The van der Waals surface area contributed by atoms with Crippen molar-refractivity contribution in [2.45, 2.75) is 71.5 Å². The lowest BCUT2D eigenvalue weighted by molar-refractivity contribution is -0.110. The van der Waals surface area contributed by atoms with Crippen LogP contribution in [0, 0.1) is 0 Å². The lowest BCUT2D eigenvalue weighted by Crippen LogP contribution is -2.35. The first kappa shape index (κ1) is 45.2. The van der Waals surface area contributed by atoms with Gasteiger partial charge < -0.3 is 42.8 Å². The summed E-state index contributed by atoms with van der Waals surface area (Å²) in [6.07, 6.45) is -1.23. The van der Waals surface area contributed by atoms with Crippen LogP contribution in [0.1, 0.15) is 48.9 Å². The fourth-order valence-corrected chi connectivity index (χ4v) is 6.08. The van der Waals surface area contributed by atoms with Crippen molar-refractivity contribution >= 4 is 12.2 Å². The van der Waals surface area contributed by atoms with Gasteiger partial charge in [-0.1, -0.05) is 48.5 Å². The zero-order valence-electron chi connectivity index (χ0n) is 35.1. The molecule has 58 heavy (non-hydrogen) atoms. The van der Waals surface area contributed by atoms with E-state index in [0.29, 0.717) is 52.2 Å². The third-order valence-electron chi connectivity index (χ3n) is 9.52. The Labute approximate surface area is 343 Å². The average molecular weight is 802 g/mol. The minimum absolute atomic E-state index is 0.0917. The number of amides is 2. The molecule has 0 heterocycles. The van der Waals surface area contributed by atoms with E-state index in [2.05, 4.69) is 4.90 Å². The van der Waals surface area contributed by atoms with Gasteiger partial charge in [0.1, 0.15) is 23.0 Å². The molecule has 0 saturated carbocycles. The number of carbonyl (C=O) groups is 2. The number of hydrogen-bond acceptors (Lipinski definition) is 11. The maximum Gasteiger partial charge on any atom is 0.412 e. The SMILES string of the molecule is COc1ccc(CN(Cc2ccc(OC)cc2)C(=O)OC(C)OCCC(CCOC(C)OC(=O)N(Cc2ccc(OC)cc2)Cc2ccc(OC)cc2)N(C)C)cc1. The van der Waals surface area contributed by atoms with Crippen molar-refractivity contribution in [2.24, 2.45) is 0 Å². The van der Waals surface area contributed by atoms with E-state index in [1.807, 2.05) is 111 Å². The summed E-state index contributed by atoms with van der Waals surface area (Å²) in [5.74, 6) is 2.95. The number of benzene rings is 4. The summed E-state index contributed by atoms with van der Waals surface area (Å²) in [6, 6.07) is 30.4. The number of ether oxygens (including phenoxy) is 8. The summed E-state index contributed by atoms with van der Waals surface area (Å²) in [4.78, 5) is 32.3. The van der Waals surface area contributed by atoms with Crippen molar-refractivity contribution in [3.8, 4) is 23.0 Å². The van der Waals surface area contributed by atoms with Crippen LogP contribution in [0.3, 0.4) is 0 Å². The van der Waals surface area contributed by atoms with Crippen LogP contribution in [0.2, 0.25) is 0 Å². The molecular weight excluding hydrogens is 743 g/mol. The maximum absolute atomic E-state index is 13.5. The Balaban J connectivity index is 1.26. The molecule has 2 amide bonds. The average Bonchev–Trinajstić information content (AvgIpc) is 3.23. The van der Waals surface area contributed by atoms with Crippen molar-refractivity contribution in [2.75, 3.05) is 55.7 Å². The van der Waals surface area contributed by atoms with Crippen LogP contribution in [0.4, 0.5) is 9.59 Å². The van der Waals surface area contributed by atoms with Crippen LogP contribution < -0.4 is 18.9 Å². The second-order valence-corrected chi connectivity index (χ2v) is 13.9. The predicted molar refractivity (Wildman–Crippen MR) is 221 cm³/mol. The van der Waals surface area contributed by atoms with E-state index in [1.165, 1.54) is 0 Å². The molecule has 13 heteroatoms. The van der Waals surface area contributed by atoms with Crippen LogP contribution in [-0.4, -0.2) is 101 Å². The Morgan fingerprint density at radius 2 is 0.724 bits per heavy atom. The van der Waals surface area contributed by atoms with E-state index in [-0.39, 0.29) is 6.04 Å². The summed E-state index contributed by atoms with van der Waals surface area (Å²) in [6.45, 7) is 5.47. The molecule has 0 N–H and O–H groups in total. The van der Waals surface area contributed by atoms with Gasteiger partial charge in [-0.05, 0) is 112 Å². The summed E-state index contributed by atoms with van der Waals surface area (Å²) in [7, 11) is 10.4. The minimum atomic E-state index is -0.779. The molecule has 0 aromatic heterocycles. The molecule has 0 radical (unpaired) electrons. The predicted octanol–water partition coefficient (Wildman–Crippen LogP) is 8.13. The molecule has 4 rings (SSSR count). The molecule has 314 valence electrons. The van der Waals surface area contributed by atoms with Crippen molar-refractivity contribution in [3.63, 3.8) is 0 Å². The molecule has 0 fully saturated rings. The fraction of sp³-hybridized carbons (Fsp3) is 0.422. The van der Waals surface area contributed by atoms with Gasteiger partial charge >= 0.3 is 12.2 Å². The van der Waals surface area contributed by atoms with Crippen LogP contribution in [0.25, 0.3) is 0 Å². The Morgan fingerprint density at radius 3 is 0.948 bits per heavy atom. The lowest BCUT2D eigenvalue weighted by atomic mass is 10.1. The van der Waals surface area contributed by atoms with Gasteiger partial charge in [-0.25, -0.2) is 9.59 Å². The van der Waals surface area contributed by atoms with E-state index >= 15 is 0 Å². The molecule has 0 bridgehead atoms. The number of hydrogen-bond donors (Lipinski definition) is 0. The zero-order chi connectivity index (χ0) is 41.9. The van der Waals surface area contributed by atoms with E-state index in [4.69, 9.17) is 37.9 Å². The summed E-state index contributed by atoms with van der Waals surface area (Å²) >= 11 is 0. The van der Waals surface area contributed by atoms with Gasteiger partial charge in [-0.3, -0.25) is 9.80 Å².